The second-order valence-electron chi connectivity index (χ2n) is 5.98. The Morgan fingerprint density at radius 2 is 2.21 bits per heavy atom. The molecule has 0 bridgehead atoms. The van der Waals surface area contributed by atoms with Crippen LogP contribution in [-0.4, -0.2) is 23.0 Å². The molecule has 0 N–H and O–H groups in total. The highest BCUT2D eigenvalue weighted by atomic mass is 16.5. The molecule has 2 heterocycles. The Labute approximate surface area is 114 Å². The van der Waals surface area contributed by atoms with Crippen molar-refractivity contribution in [3.63, 3.8) is 0 Å². The van der Waals surface area contributed by atoms with Gasteiger partial charge in [0.05, 0.1) is 5.60 Å². The van der Waals surface area contributed by atoms with E-state index in [1.807, 2.05) is 19.1 Å². The van der Waals surface area contributed by atoms with Gasteiger partial charge in [-0.3, -0.25) is 9.78 Å². The fourth-order valence-electron chi connectivity index (χ4n) is 3.55. The monoisotopic (exact) mass is 259 g/mol. The van der Waals surface area contributed by atoms with Crippen molar-refractivity contribution in [2.75, 3.05) is 6.61 Å². The molecule has 1 aliphatic heterocycles. The molecule has 1 aromatic heterocycles. The minimum Gasteiger partial charge on any atom is -0.375 e. The standard InChI is InChI=1S/C16H21NO2/c1-12-10-13(4-8-17-12)15(18)14-5-9-19-16(11-14)6-2-3-7-16/h4,8,10,14H,2-3,5-7,9,11H2,1H3. The number of pyridine rings is 1. The number of carbonyl (C=O) groups excluding carboxylic acids is 1. The summed E-state index contributed by atoms with van der Waals surface area (Å²) in [6, 6.07) is 3.74. The zero-order valence-electron chi connectivity index (χ0n) is 11.5. The van der Waals surface area contributed by atoms with Crippen LogP contribution >= 0.6 is 0 Å². The van der Waals surface area contributed by atoms with Gasteiger partial charge in [-0.15, -0.1) is 0 Å². The first-order chi connectivity index (χ1) is 9.19. The van der Waals surface area contributed by atoms with Crippen LogP contribution in [0.2, 0.25) is 0 Å². The van der Waals surface area contributed by atoms with Gasteiger partial charge >= 0.3 is 0 Å². The summed E-state index contributed by atoms with van der Waals surface area (Å²) < 4.78 is 6.00. The number of ether oxygens (including phenoxy) is 1. The lowest BCUT2D eigenvalue weighted by molar-refractivity contribution is -0.0866. The van der Waals surface area contributed by atoms with Crippen molar-refractivity contribution >= 4 is 5.78 Å². The average Bonchev–Trinajstić information content (AvgIpc) is 2.86. The van der Waals surface area contributed by atoms with Crippen molar-refractivity contribution in [3.8, 4) is 0 Å². The number of hydrogen-bond acceptors (Lipinski definition) is 3. The highest BCUT2D eigenvalue weighted by Crippen LogP contribution is 2.42. The molecule has 2 aliphatic rings. The van der Waals surface area contributed by atoms with Crippen molar-refractivity contribution < 1.29 is 9.53 Å². The van der Waals surface area contributed by atoms with Crippen molar-refractivity contribution in [1.29, 1.82) is 0 Å². The number of aromatic nitrogens is 1. The number of Topliss-reactive ketones (excluding diaryl/α,β-unsaturated/α-hetero) is 1. The van der Waals surface area contributed by atoms with Crippen LogP contribution < -0.4 is 0 Å². The Morgan fingerprint density at radius 1 is 1.42 bits per heavy atom. The fourth-order valence-corrected chi connectivity index (χ4v) is 3.55. The molecule has 1 aromatic rings. The highest BCUT2D eigenvalue weighted by Gasteiger charge is 2.41. The number of ketones is 1. The molecular formula is C16H21NO2. The van der Waals surface area contributed by atoms with Gasteiger partial charge in [-0.25, -0.2) is 0 Å². The topological polar surface area (TPSA) is 39.2 Å². The maximum Gasteiger partial charge on any atom is 0.166 e. The van der Waals surface area contributed by atoms with Crippen molar-refractivity contribution in [3.05, 3.63) is 29.6 Å². The predicted octanol–water partition coefficient (Wildman–Crippen LogP) is 3.31. The third-order valence-corrected chi connectivity index (χ3v) is 4.56. The Balaban J connectivity index is 1.76. The Morgan fingerprint density at radius 3 is 2.95 bits per heavy atom. The van der Waals surface area contributed by atoms with E-state index in [1.54, 1.807) is 6.20 Å². The molecular weight excluding hydrogens is 238 g/mol. The maximum absolute atomic E-state index is 12.6. The predicted molar refractivity (Wildman–Crippen MR) is 73.2 cm³/mol. The third kappa shape index (κ3) is 2.57. The third-order valence-electron chi connectivity index (χ3n) is 4.56. The molecule has 3 rings (SSSR count). The molecule has 1 saturated carbocycles. The van der Waals surface area contributed by atoms with E-state index < -0.39 is 0 Å². The summed E-state index contributed by atoms with van der Waals surface area (Å²) >= 11 is 0. The van der Waals surface area contributed by atoms with E-state index in [0.29, 0.717) is 0 Å². The van der Waals surface area contributed by atoms with Crippen LogP contribution in [0, 0.1) is 12.8 Å². The normalized spacial score (nSPS) is 25.6. The van der Waals surface area contributed by atoms with E-state index in [9.17, 15) is 4.79 Å². The SMILES string of the molecule is Cc1cc(C(=O)C2CCOC3(CCCC3)C2)ccn1. The van der Waals surface area contributed by atoms with Crippen LogP contribution in [-0.2, 0) is 4.74 Å². The Hall–Kier alpha value is -1.22. The largest absolute Gasteiger partial charge is 0.375 e. The van der Waals surface area contributed by atoms with Crippen LogP contribution in [0.3, 0.4) is 0 Å². The Bertz CT molecular complexity index is 477. The van der Waals surface area contributed by atoms with Crippen molar-refractivity contribution in [2.24, 2.45) is 5.92 Å². The molecule has 1 spiro atoms. The highest BCUT2D eigenvalue weighted by molar-refractivity contribution is 5.98. The van der Waals surface area contributed by atoms with Gasteiger partial charge in [0.2, 0.25) is 0 Å². The van der Waals surface area contributed by atoms with E-state index in [4.69, 9.17) is 4.74 Å². The van der Waals surface area contributed by atoms with E-state index in [0.717, 1.165) is 43.5 Å². The van der Waals surface area contributed by atoms with Gasteiger partial charge in [-0.2, -0.15) is 0 Å². The van der Waals surface area contributed by atoms with Crippen LogP contribution in [0.5, 0.6) is 0 Å². The zero-order valence-corrected chi connectivity index (χ0v) is 11.5. The summed E-state index contributed by atoms with van der Waals surface area (Å²) in [6.45, 7) is 2.67. The van der Waals surface area contributed by atoms with Gasteiger partial charge < -0.3 is 4.74 Å². The zero-order chi connectivity index (χ0) is 13.3. The average molecular weight is 259 g/mol. The van der Waals surface area contributed by atoms with E-state index >= 15 is 0 Å². The maximum atomic E-state index is 12.6. The summed E-state index contributed by atoms with van der Waals surface area (Å²) in [7, 11) is 0. The van der Waals surface area contributed by atoms with Crippen molar-refractivity contribution in [1.82, 2.24) is 4.98 Å². The molecule has 0 radical (unpaired) electrons. The number of hydrogen-bond donors (Lipinski definition) is 0. The first-order valence-electron chi connectivity index (χ1n) is 7.29. The minimum atomic E-state index is 0.0145. The lowest BCUT2D eigenvalue weighted by Gasteiger charge is -2.37. The lowest BCUT2D eigenvalue weighted by atomic mass is 9.81. The molecule has 2 fully saturated rings. The summed E-state index contributed by atoms with van der Waals surface area (Å²) in [4.78, 5) is 16.8. The molecule has 1 atom stereocenters. The van der Waals surface area contributed by atoms with Crippen LogP contribution in [0.25, 0.3) is 0 Å². The Kier molecular flexibility index (Phi) is 3.40. The summed E-state index contributed by atoms with van der Waals surface area (Å²) in [5.41, 5.74) is 1.74. The van der Waals surface area contributed by atoms with E-state index in [1.165, 1.54) is 12.8 Å². The molecule has 1 aliphatic carbocycles. The second kappa shape index (κ2) is 5.04. The molecule has 1 unspecified atom stereocenters. The summed E-state index contributed by atoms with van der Waals surface area (Å²) in [6.07, 6.45) is 8.26. The smallest absolute Gasteiger partial charge is 0.166 e. The van der Waals surface area contributed by atoms with Gasteiger partial charge in [0.25, 0.3) is 0 Å². The molecule has 0 amide bonds. The van der Waals surface area contributed by atoms with Gasteiger partial charge in [-0.1, -0.05) is 12.8 Å². The first-order valence-corrected chi connectivity index (χ1v) is 7.29. The van der Waals surface area contributed by atoms with Gasteiger partial charge in [0, 0.05) is 30.0 Å². The number of carbonyl (C=O) groups is 1. The fraction of sp³-hybridized carbons (Fsp3) is 0.625. The van der Waals surface area contributed by atoms with Gasteiger partial charge in [-0.05, 0) is 44.7 Å². The molecule has 1 saturated heterocycles. The number of nitrogens with zero attached hydrogens (tertiary/aromatic N) is 1. The molecule has 19 heavy (non-hydrogen) atoms. The molecule has 3 heteroatoms. The number of rotatable bonds is 2. The summed E-state index contributed by atoms with van der Waals surface area (Å²) in [5.74, 6) is 0.411. The molecule has 102 valence electrons. The van der Waals surface area contributed by atoms with Gasteiger partial charge in [0.1, 0.15) is 0 Å². The van der Waals surface area contributed by atoms with E-state index in [2.05, 4.69) is 4.98 Å². The quantitative estimate of drug-likeness (QED) is 0.765. The number of aryl methyl sites for hydroxylation is 1. The molecule has 3 nitrogen and oxygen atoms in total. The minimum absolute atomic E-state index is 0.0145. The lowest BCUT2D eigenvalue weighted by Crippen LogP contribution is -2.39. The van der Waals surface area contributed by atoms with Crippen LogP contribution in [0.4, 0.5) is 0 Å². The summed E-state index contributed by atoms with van der Waals surface area (Å²) in [5, 5.41) is 0. The van der Waals surface area contributed by atoms with E-state index in [-0.39, 0.29) is 17.3 Å². The second-order valence-corrected chi connectivity index (χ2v) is 5.98. The van der Waals surface area contributed by atoms with Crippen LogP contribution in [0.1, 0.15) is 54.6 Å². The first kappa shape index (κ1) is 12.8. The van der Waals surface area contributed by atoms with Crippen LogP contribution in [0.15, 0.2) is 18.3 Å². The van der Waals surface area contributed by atoms with Gasteiger partial charge in [0.15, 0.2) is 5.78 Å². The molecule has 0 aromatic carbocycles. The van der Waals surface area contributed by atoms with Crippen molar-refractivity contribution in [2.45, 2.75) is 51.0 Å².